The van der Waals surface area contributed by atoms with Gasteiger partial charge in [0.25, 0.3) is 0 Å². The molecule has 2 heterocycles. The molecule has 0 radical (unpaired) electrons. The number of aromatic carboxylic acids is 1. The van der Waals surface area contributed by atoms with E-state index in [1.165, 1.54) is 19.4 Å². The van der Waals surface area contributed by atoms with Crippen molar-refractivity contribution in [2.24, 2.45) is 7.05 Å². The van der Waals surface area contributed by atoms with Crippen LogP contribution < -0.4 is 9.47 Å². The van der Waals surface area contributed by atoms with Crippen LogP contribution in [0.25, 0.3) is 11.3 Å². The lowest BCUT2D eigenvalue weighted by atomic mass is 10.1. The van der Waals surface area contributed by atoms with Gasteiger partial charge in [-0.25, -0.2) is 13.9 Å². The number of halogens is 5. The molecule has 0 saturated carbocycles. The molecule has 0 amide bonds. The summed E-state index contributed by atoms with van der Waals surface area (Å²) in [5.74, 6) is -2.52. The van der Waals surface area contributed by atoms with Gasteiger partial charge in [0.2, 0.25) is 5.88 Å². The van der Waals surface area contributed by atoms with Crippen molar-refractivity contribution in [3.05, 3.63) is 51.6 Å². The number of furan rings is 1. The van der Waals surface area contributed by atoms with Crippen LogP contribution >= 0.6 is 23.2 Å². The van der Waals surface area contributed by atoms with E-state index in [4.69, 9.17) is 37.5 Å². The lowest BCUT2D eigenvalue weighted by Crippen LogP contribution is -2.06. The number of ether oxygens (including phenoxy) is 2. The van der Waals surface area contributed by atoms with Gasteiger partial charge in [-0.15, -0.1) is 0 Å². The van der Waals surface area contributed by atoms with Crippen molar-refractivity contribution in [1.29, 1.82) is 0 Å². The first-order chi connectivity index (χ1) is 13.7. The predicted molar refractivity (Wildman–Crippen MR) is 95.3 cm³/mol. The summed E-state index contributed by atoms with van der Waals surface area (Å²) >= 11 is 12.0. The zero-order valence-corrected chi connectivity index (χ0v) is 16.0. The number of aromatic nitrogens is 2. The number of aryl methyl sites for hydroxylation is 1. The summed E-state index contributed by atoms with van der Waals surface area (Å²) < 4.78 is 55.2. The van der Waals surface area contributed by atoms with Crippen LogP contribution in [-0.4, -0.2) is 27.5 Å². The fraction of sp³-hybridized carbons (Fsp3) is 0.176. The molecule has 1 aromatic carbocycles. The van der Waals surface area contributed by atoms with E-state index in [0.717, 1.165) is 16.8 Å². The normalized spacial score (nSPS) is 11.1. The molecule has 1 N–H and O–H groups in total. The molecule has 0 bridgehead atoms. The minimum absolute atomic E-state index is 0.0166. The second-order valence-corrected chi connectivity index (χ2v) is 6.37. The Hall–Kier alpha value is -2.85. The molecule has 0 aliphatic carbocycles. The fourth-order valence-electron chi connectivity index (χ4n) is 2.47. The van der Waals surface area contributed by atoms with E-state index in [-0.39, 0.29) is 45.0 Å². The van der Waals surface area contributed by atoms with Crippen LogP contribution in [-0.2, 0) is 13.7 Å². The first-order valence-corrected chi connectivity index (χ1v) is 8.53. The van der Waals surface area contributed by atoms with Crippen molar-refractivity contribution < 1.29 is 37.0 Å². The number of alkyl halides is 2. The van der Waals surface area contributed by atoms with E-state index in [1.807, 2.05) is 0 Å². The monoisotopic (exact) mass is 450 g/mol. The van der Waals surface area contributed by atoms with Gasteiger partial charge >= 0.3 is 12.6 Å². The molecule has 0 aliphatic heterocycles. The zero-order chi connectivity index (χ0) is 21.3. The first kappa shape index (κ1) is 20.9. The van der Waals surface area contributed by atoms with Crippen LogP contribution in [0.5, 0.6) is 11.6 Å². The summed E-state index contributed by atoms with van der Waals surface area (Å²) in [5.41, 5.74) is -0.468. The molecule has 0 unspecified atom stereocenters. The van der Waals surface area contributed by atoms with Crippen molar-refractivity contribution >= 4 is 29.2 Å². The standard InChI is InChI=1S/C17H11Cl2F3N2O5/c1-24-15(29-17(21)22)13(19)14(23-24)8-4-11(9(18)5-10(8)20)28-6-12-7(16(25)26)2-3-27-12/h2-5,17H,6H2,1H3,(H,25,26). The summed E-state index contributed by atoms with van der Waals surface area (Å²) in [6.07, 6.45) is 1.18. The van der Waals surface area contributed by atoms with Crippen molar-refractivity contribution in [3.8, 4) is 22.9 Å². The molecule has 3 aromatic rings. The van der Waals surface area contributed by atoms with Gasteiger partial charge in [-0.05, 0) is 18.2 Å². The average Bonchev–Trinajstić information content (AvgIpc) is 3.21. The van der Waals surface area contributed by atoms with Crippen LogP contribution in [0.2, 0.25) is 10.0 Å². The van der Waals surface area contributed by atoms with Gasteiger partial charge in [0.15, 0.2) is 5.76 Å². The van der Waals surface area contributed by atoms with Crippen LogP contribution in [0.3, 0.4) is 0 Å². The molecule has 29 heavy (non-hydrogen) atoms. The maximum Gasteiger partial charge on any atom is 0.388 e. The fourth-order valence-corrected chi connectivity index (χ4v) is 2.99. The first-order valence-electron chi connectivity index (χ1n) is 7.78. The van der Waals surface area contributed by atoms with E-state index in [2.05, 4.69) is 9.84 Å². The lowest BCUT2D eigenvalue weighted by molar-refractivity contribution is -0.0552. The highest BCUT2D eigenvalue weighted by Crippen LogP contribution is 2.40. The van der Waals surface area contributed by atoms with Crippen molar-refractivity contribution in [1.82, 2.24) is 9.78 Å². The summed E-state index contributed by atoms with van der Waals surface area (Å²) in [5, 5.41) is 12.5. The highest BCUT2D eigenvalue weighted by atomic mass is 35.5. The largest absolute Gasteiger partial charge is 0.484 e. The van der Waals surface area contributed by atoms with Gasteiger partial charge in [-0.1, -0.05) is 23.2 Å². The summed E-state index contributed by atoms with van der Waals surface area (Å²) in [6, 6.07) is 3.32. The summed E-state index contributed by atoms with van der Waals surface area (Å²) in [6.45, 7) is -3.46. The quantitative estimate of drug-likeness (QED) is 0.544. The minimum atomic E-state index is -3.15. The van der Waals surface area contributed by atoms with Gasteiger partial charge < -0.3 is 19.0 Å². The van der Waals surface area contributed by atoms with Crippen LogP contribution in [0.15, 0.2) is 28.9 Å². The molecule has 2 aromatic heterocycles. The molecule has 154 valence electrons. The Kier molecular flexibility index (Phi) is 5.94. The van der Waals surface area contributed by atoms with Crippen molar-refractivity contribution in [2.45, 2.75) is 13.2 Å². The number of hydrogen-bond donors (Lipinski definition) is 1. The van der Waals surface area contributed by atoms with Gasteiger partial charge in [0, 0.05) is 12.6 Å². The molecular weight excluding hydrogens is 440 g/mol. The molecule has 7 nitrogen and oxygen atoms in total. The topological polar surface area (TPSA) is 86.7 Å². The third-order valence-electron chi connectivity index (χ3n) is 3.75. The number of nitrogens with zero attached hydrogens (tertiary/aromatic N) is 2. The Bertz CT molecular complexity index is 1070. The van der Waals surface area contributed by atoms with E-state index in [0.29, 0.717) is 0 Å². The van der Waals surface area contributed by atoms with E-state index in [9.17, 15) is 18.0 Å². The SMILES string of the molecule is Cn1nc(-c2cc(OCc3occc3C(=O)O)c(Cl)cc2F)c(Cl)c1OC(F)F. The van der Waals surface area contributed by atoms with E-state index >= 15 is 0 Å². The summed E-state index contributed by atoms with van der Waals surface area (Å²) in [7, 11) is 1.29. The third kappa shape index (κ3) is 4.28. The lowest BCUT2D eigenvalue weighted by Gasteiger charge is -2.10. The molecular formula is C17H11Cl2F3N2O5. The van der Waals surface area contributed by atoms with E-state index in [1.54, 1.807) is 0 Å². The number of carbonyl (C=O) groups is 1. The number of benzene rings is 1. The smallest absolute Gasteiger partial charge is 0.388 e. The molecule has 0 atom stereocenters. The van der Waals surface area contributed by atoms with E-state index < -0.39 is 24.3 Å². The molecule has 12 heteroatoms. The molecule has 3 rings (SSSR count). The predicted octanol–water partition coefficient (Wildman–Crippen LogP) is 5.00. The highest BCUT2D eigenvalue weighted by Gasteiger charge is 2.24. The molecule has 0 aliphatic rings. The van der Waals surface area contributed by atoms with Gasteiger partial charge in [-0.2, -0.15) is 13.9 Å². The van der Waals surface area contributed by atoms with Crippen molar-refractivity contribution in [2.75, 3.05) is 0 Å². The maximum absolute atomic E-state index is 14.5. The number of hydrogen-bond acceptors (Lipinski definition) is 5. The Morgan fingerprint density at radius 3 is 2.76 bits per heavy atom. The second kappa shape index (κ2) is 8.26. The third-order valence-corrected chi connectivity index (χ3v) is 4.39. The van der Waals surface area contributed by atoms with Gasteiger partial charge in [0.05, 0.1) is 11.3 Å². The number of rotatable bonds is 7. The van der Waals surface area contributed by atoms with Gasteiger partial charge in [-0.3, -0.25) is 0 Å². The number of carboxylic acids is 1. The Labute approximate surface area is 171 Å². The maximum atomic E-state index is 14.5. The zero-order valence-electron chi connectivity index (χ0n) is 14.5. The Balaban J connectivity index is 1.94. The minimum Gasteiger partial charge on any atom is -0.484 e. The Morgan fingerprint density at radius 2 is 2.10 bits per heavy atom. The Morgan fingerprint density at radius 1 is 1.38 bits per heavy atom. The van der Waals surface area contributed by atoms with Crippen LogP contribution in [0.1, 0.15) is 16.1 Å². The molecule has 0 spiro atoms. The molecule has 0 fully saturated rings. The second-order valence-electron chi connectivity index (χ2n) is 5.58. The van der Waals surface area contributed by atoms with Gasteiger partial charge in [0.1, 0.15) is 34.5 Å². The van der Waals surface area contributed by atoms with Crippen molar-refractivity contribution in [3.63, 3.8) is 0 Å². The van der Waals surface area contributed by atoms with Crippen LogP contribution in [0.4, 0.5) is 13.2 Å². The highest BCUT2D eigenvalue weighted by molar-refractivity contribution is 6.34. The van der Waals surface area contributed by atoms with Crippen LogP contribution in [0, 0.1) is 5.82 Å². The number of carboxylic acid groups (broad SMARTS) is 1. The molecule has 0 saturated heterocycles. The average molecular weight is 451 g/mol. The summed E-state index contributed by atoms with van der Waals surface area (Å²) in [4.78, 5) is 11.1.